The van der Waals surface area contributed by atoms with Crippen molar-refractivity contribution in [2.75, 3.05) is 42.3 Å². The van der Waals surface area contributed by atoms with Crippen LogP contribution in [0.1, 0.15) is 44.5 Å². The van der Waals surface area contributed by atoms with E-state index in [2.05, 4.69) is 25.4 Å². The van der Waals surface area contributed by atoms with Crippen molar-refractivity contribution in [3.8, 4) is 11.1 Å². The van der Waals surface area contributed by atoms with Crippen molar-refractivity contribution >= 4 is 31.4 Å². The maximum absolute atomic E-state index is 13.6. The normalized spacial score (nSPS) is 10.6. The number of rotatable bonds is 7. The molecule has 50 heavy (non-hydrogen) atoms. The number of sulfonamides is 2. The van der Waals surface area contributed by atoms with Crippen LogP contribution in [-0.2, 0) is 42.4 Å². The Labute approximate surface area is 318 Å². The van der Waals surface area contributed by atoms with E-state index in [1.54, 1.807) is 94.2 Å². The van der Waals surface area contributed by atoms with E-state index in [0.29, 0.717) is 33.4 Å². The predicted molar refractivity (Wildman–Crippen MR) is 209 cm³/mol. The molecule has 0 heterocycles. The molecule has 0 saturated heterocycles. The third kappa shape index (κ3) is 12.6. The van der Waals surface area contributed by atoms with Crippen LogP contribution in [0, 0.1) is 55.4 Å². The van der Waals surface area contributed by atoms with E-state index >= 15 is 0 Å². The van der Waals surface area contributed by atoms with Crippen molar-refractivity contribution in [3.05, 3.63) is 131 Å². The van der Waals surface area contributed by atoms with Gasteiger partial charge in [0.25, 0.3) is 0 Å². The van der Waals surface area contributed by atoms with Crippen LogP contribution >= 0.6 is 0 Å². The summed E-state index contributed by atoms with van der Waals surface area (Å²) in [4.78, 5) is 0.348. The van der Waals surface area contributed by atoms with Gasteiger partial charge in [-0.15, -0.1) is 11.4 Å². The van der Waals surface area contributed by atoms with E-state index in [0.717, 1.165) is 22.3 Å². The summed E-state index contributed by atoms with van der Waals surface area (Å²) >= 11 is 0. The molecule has 4 rings (SSSR count). The smallest absolute Gasteiger partial charge is 0.668 e. The molecule has 4 aromatic carbocycles. The monoisotopic (exact) mass is 887 g/mol. The van der Waals surface area contributed by atoms with Crippen molar-refractivity contribution in [2.24, 2.45) is 0 Å². The zero-order valence-corrected chi connectivity index (χ0v) is 36.8. The molecule has 0 unspecified atom stereocenters. The Morgan fingerprint density at radius 3 is 0.900 bits per heavy atom. The van der Waals surface area contributed by atoms with E-state index in [-0.39, 0.29) is 43.5 Å². The number of benzene rings is 4. The molecule has 0 spiro atoms. The molecule has 0 aliphatic rings. The number of aryl methyl sites for hydroxylation is 8. The molecule has 0 radical (unpaired) electrons. The molecule has 9 nitrogen and oxygen atoms in total. The molecule has 0 bridgehead atoms. The fraction of sp³-hybridized carbons (Fsp3) is 0.368. The Bertz CT molecular complexity index is 1740. The van der Waals surface area contributed by atoms with Gasteiger partial charge in [-0.1, -0.05) is 71.8 Å². The summed E-state index contributed by atoms with van der Waals surface area (Å²) in [6.45, 7) is 14.6. The molecule has 0 saturated carbocycles. The van der Waals surface area contributed by atoms with Gasteiger partial charge >= 0.3 is 22.4 Å². The third-order valence-corrected chi connectivity index (χ3v) is 10.1. The Hall–Kier alpha value is -3.00. The van der Waals surface area contributed by atoms with Crippen molar-refractivity contribution in [2.45, 2.75) is 65.2 Å². The minimum absolute atomic E-state index is 0. The molecule has 4 aromatic rings. The van der Waals surface area contributed by atoms with Gasteiger partial charge in [0.1, 0.15) is 20.0 Å². The molecule has 12 heteroatoms. The Morgan fingerprint density at radius 1 is 0.420 bits per heavy atom. The van der Waals surface area contributed by atoms with Gasteiger partial charge in [0, 0.05) is 0 Å². The largest absolute Gasteiger partial charge is 5.00 e. The van der Waals surface area contributed by atoms with Gasteiger partial charge in [0.2, 0.25) is 0 Å². The Balaban J connectivity index is 0.00000217. The predicted octanol–water partition coefficient (Wildman–Crippen LogP) is 10.5. The van der Waals surface area contributed by atoms with Crippen molar-refractivity contribution in [1.82, 2.24) is 0 Å². The van der Waals surface area contributed by atoms with Gasteiger partial charge in [-0.3, -0.25) is 0 Å². The van der Waals surface area contributed by atoms with Gasteiger partial charge < -0.3 is 25.4 Å². The van der Waals surface area contributed by atoms with E-state index < -0.39 is 20.0 Å². The van der Waals surface area contributed by atoms with Crippen LogP contribution in [0.3, 0.4) is 0 Å². The van der Waals surface area contributed by atoms with Crippen molar-refractivity contribution in [1.29, 1.82) is 0 Å². The molecular formula is C38H52N5O4S2Ta. The minimum Gasteiger partial charge on any atom is -0.668 e. The molecule has 0 N–H and O–H groups in total. The SMILES string of the molecule is C[N-]C.C[N-]C.C[N-]C.Cc1cc(C)c(S(=O)(=O)[N-]c2cccc(C)c2-c2c(C)cccc2[N-]S(=O)(=O)c2c(C)cc(C)cc2C)c(C)c1.[Ta+5]. The maximum Gasteiger partial charge on any atom is 5.00 e. The summed E-state index contributed by atoms with van der Waals surface area (Å²) in [5, 5.41) is 10.5. The molecule has 0 amide bonds. The van der Waals surface area contributed by atoms with Crippen LogP contribution < -0.4 is 0 Å². The number of hydrogen-bond donors (Lipinski definition) is 0. The van der Waals surface area contributed by atoms with Crippen LogP contribution in [0.5, 0.6) is 0 Å². The molecular weight excluding hydrogens is 836 g/mol. The second-order valence-corrected chi connectivity index (χ2v) is 15.0. The van der Waals surface area contributed by atoms with E-state index in [1.165, 1.54) is 0 Å². The van der Waals surface area contributed by atoms with E-state index in [9.17, 15) is 16.8 Å². The first kappa shape index (κ1) is 47.0. The zero-order chi connectivity index (χ0) is 37.7. The number of hydrogen-bond acceptors (Lipinski definition) is 4. The maximum atomic E-state index is 13.6. The van der Waals surface area contributed by atoms with Crippen LogP contribution in [0.4, 0.5) is 11.4 Å². The quantitative estimate of drug-likeness (QED) is 0.182. The van der Waals surface area contributed by atoms with Gasteiger partial charge in [0.05, 0.1) is 9.79 Å². The summed E-state index contributed by atoms with van der Waals surface area (Å²) < 4.78 is 63.2. The third-order valence-electron chi connectivity index (χ3n) is 6.91. The average molecular weight is 888 g/mol. The van der Waals surface area contributed by atoms with Gasteiger partial charge in [0.15, 0.2) is 0 Å². The molecule has 0 aliphatic heterocycles. The van der Waals surface area contributed by atoms with Crippen LogP contribution in [0.2, 0.25) is 0 Å². The molecule has 0 aliphatic carbocycles. The van der Waals surface area contributed by atoms with E-state index in [1.807, 2.05) is 64.1 Å². The van der Waals surface area contributed by atoms with E-state index in [4.69, 9.17) is 0 Å². The fourth-order valence-corrected chi connectivity index (χ4v) is 8.47. The summed E-state index contributed by atoms with van der Waals surface area (Å²) in [6, 6.07) is 17.8. The minimum atomic E-state index is -4.08. The van der Waals surface area contributed by atoms with Crippen molar-refractivity contribution < 1.29 is 39.2 Å². The Morgan fingerprint density at radius 2 is 0.660 bits per heavy atom. The molecule has 0 atom stereocenters. The topological polar surface area (TPSA) is 139 Å². The van der Waals surface area contributed by atoms with Crippen LogP contribution in [-0.4, -0.2) is 59.1 Å². The molecule has 0 aromatic heterocycles. The molecule has 0 fully saturated rings. The summed E-state index contributed by atoms with van der Waals surface area (Å²) in [6.07, 6.45) is 0. The standard InChI is InChI=1S/C32H34N2O4S2.3C2H6N.Ta/c1-19-15-23(5)31(24(6)16-19)39(35,36)33-27-13-9-11-21(3)29(27)30-22(4)12-10-14-28(30)34-40(37,38)32-25(7)17-20(2)18-26(32)8;3*1-3-2;/h9-18H,1-8H3;3*1-2H3;/q-2;3*-1;+5. The summed E-state index contributed by atoms with van der Waals surface area (Å²) in [5.74, 6) is 0. The van der Waals surface area contributed by atoms with Gasteiger partial charge in [-0.2, -0.15) is 42.3 Å². The first-order valence-electron chi connectivity index (χ1n) is 15.6. The second kappa shape index (κ2) is 21.4. The van der Waals surface area contributed by atoms with Gasteiger partial charge in [-0.25, -0.2) is 16.8 Å². The first-order valence-corrected chi connectivity index (χ1v) is 18.5. The first-order chi connectivity index (χ1) is 22.9. The van der Waals surface area contributed by atoms with Crippen LogP contribution in [0.25, 0.3) is 36.5 Å². The van der Waals surface area contributed by atoms with Crippen molar-refractivity contribution in [3.63, 3.8) is 0 Å². The summed E-state index contributed by atoms with van der Waals surface area (Å²) in [5.41, 5.74) is 7.43. The number of nitrogens with zero attached hydrogens (tertiary/aromatic N) is 5. The fourth-order valence-electron chi connectivity index (χ4n) is 5.60. The van der Waals surface area contributed by atoms with Crippen LogP contribution in [0.15, 0.2) is 70.5 Å². The zero-order valence-electron chi connectivity index (χ0n) is 31.9. The summed E-state index contributed by atoms with van der Waals surface area (Å²) in [7, 11) is 2.34. The van der Waals surface area contributed by atoms with Gasteiger partial charge in [-0.05, 0) is 99.9 Å². The average Bonchev–Trinajstić information content (AvgIpc) is 2.93. The second-order valence-electron chi connectivity index (χ2n) is 11.9. The Kier molecular flexibility index (Phi) is 20.1. The molecule has 270 valence electrons.